The van der Waals surface area contributed by atoms with Gasteiger partial charge in [-0.3, -0.25) is 0 Å². The minimum atomic E-state index is -0.0867. The van der Waals surface area contributed by atoms with Crippen LogP contribution in [0.25, 0.3) is 0 Å². The Labute approximate surface area is 111 Å². The zero-order valence-corrected chi connectivity index (χ0v) is 12.6. The second-order valence-corrected chi connectivity index (χ2v) is 6.37. The number of nitrogens with one attached hydrogen (secondary N) is 1. The second-order valence-electron chi connectivity index (χ2n) is 6.37. The van der Waals surface area contributed by atoms with Gasteiger partial charge in [0.1, 0.15) is 18.1 Å². The summed E-state index contributed by atoms with van der Waals surface area (Å²) in [6.07, 6.45) is 0.992. The molecular weight excluding hydrogens is 226 g/mol. The Balaban J connectivity index is 2.44. The lowest BCUT2D eigenvalue weighted by Crippen LogP contribution is -2.34. The Bertz CT molecular complexity index is 361. The highest BCUT2D eigenvalue weighted by Crippen LogP contribution is 2.18. The van der Waals surface area contributed by atoms with Crippen molar-refractivity contribution in [3.8, 4) is 0 Å². The molecule has 0 radical (unpaired) electrons. The highest BCUT2D eigenvalue weighted by Gasteiger charge is 2.16. The lowest BCUT2D eigenvalue weighted by Gasteiger charge is -2.22. The zero-order chi connectivity index (χ0) is 13.8. The molecule has 104 valence electrons. The minimum Gasteiger partial charge on any atom is -0.462 e. The van der Waals surface area contributed by atoms with Crippen LogP contribution in [0.15, 0.2) is 16.5 Å². The summed E-state index contributed by atoms with van der Waals surface area (Å²) in [5.74, 6) is 1.85. The fraction of sp³-hybridized carbons (Fsp3) is 0.733. The predicted molar refractivity (Wildman–Crippen MR) is 74.5 cm³/mol. The summed E-state index contributed by atoms with van der Waals surface area (Å²) in [6.45, 7) is 14.0. The first-order chi connectivity index (χ1) is 8.22. The van der Waals surface area contributed by atoms with E-state index in [1.807, 2.05) is 12.1 Å². The molecule has 3 nitrogen and oxygen atoms in total. The quantitative estimate of drug-likeness (QED) is 0.835. The van der Waals surface area contributed by atoms with Crippen LogP contribution in [0.4, 0.5) is 0 Å². The van der Waals surface area contributed by atoms with Gasteiger partial charge in [-0.1, -0.05) is 6.92 Å². The van der Waals surface area contributed by atoms with E-state index in [0.717, 1.165) is 24.5 Å². The van der Waals surface area contributed by atoms with Gasteiger partial charge in [-0.15, -0.1) is 0 Å². The molecule has 0 aliphatic rings. The highest BCUT2D eigenvalue weighted by molar-refractivity contribution is 5.06. The van der Waals surface area contributed by atoms with E-state index in [1.165, 1.54) is 0 Å². The van der Waals surface area contributed by atoms with Crippen molar-refractivity contribution < 1.29 is 9.15 Å². The predicted octanol–water partition coefficient (Wildman–Crippen LogP) is 3.87. The first-order valence-corrected chi connectivity index (χ1v) is 6.68. The lowest BCUT2D eigenvalue weighted by atomic mass is 10.1. The summed E-state index contributed by atoms with van der Waals surface area (Å²) in [6, 6.07) is 4.00. The zero-order valence-electron chi connectivity index (χ0n) is 12.6. The molecule has 1 rings (SSSR count). The van der Waals surface area contributed by atoms with Crippen molar-refractivity contribution in [2.75, 3.05) is 0 Å². The van der Waals surface area contributed by atoms with Gasteiger partial charge in [0.05, 0.1) is 12.1 Å². The molecule has 0 fully saturated rings. The lowest BCUT2D eigenvalue weighted by molar-refractivity contribution is -0.0386. The van der Waals surface area contributed by atoms with E-state index in [9.17, 15) is 0 Å². The molecule has 0 amide bonds. The molecule has 0 aliphatic carbocycles. The maximum Gasteiger partial charge on any atom is 0.129 e. The second kappa shape index (κ2) is 5.89. The van der Waals surface area contributed by atoms with Gasteiger partial charge in [0.25, 0.3) is 0 Å². The van der Waals surface area contributed by atoms with Crippen LogP contribution in [0.2, 0.25) is 0 Å². The standard InChI is InChI=1S/C15H27NO2/c1-7-15(5,6)17-11-13-9-8-12(18-13)10-16-14(2,3)4/h8-9,16H,7,10-11H2,1-6H3. The van der Waals surface area contributed by atoms with E-state index in [-0.39, 0.29) is 11.1 Å². The van der Waals surface area contributed by atoms with E-state index < -0.39 is 0 Å². The first-order valence-electron chi connectivity index (χ1n) is 6.68. The molecule has 0 aliphatic heterocycles. The molecule has 0 aromatic carbocycles. The third-order valence-corrected chi connectivity index (χ3v) is 2.97. The number of rotatable bonds is 6. The molecule has 1 heterocycles. The van der Waals surface area contributed by atoms with Gasteiger partial charge >= 0.3 is 0 Å². The Hall–Kier alpha value is -0.800. The van der Waals surface area contributed by atoms with Crippen LogP contribution in [-0.4, -0.2) is 11.1 Å². The van der Waals surface area contributed by atoms with Gasteiger partial charge in [0, 0.05) is 5.54 Å². The van der Waals surface area contributed by atoms with Gasteiger partial charge in [-0.05, 0) is 53.2 Å². The Morgan fingerprint density at radius 2 is 1.72 bits per heavy atom. The van der Waals surface area contributed by atoms with Gasteiger partial charge in [0.2, 0.25) is 0 Å². The average molecular weight is 253 g/mol. The summed E-state index contributed by atoms with van der Waals surface area (Å²) in [7, 11) is 0. The van der Waals surface area contributed by atoms with Crippen molar-refractivity contribution in [2.45, 2.75) is 72.3 Å². The van der Waals surface area contributed by atoms with Crippen LogP contribution in [0, 0.1) is 0 Å². The van der Waals surface area contributed by atoms with Crippen LogP contribution in [0.1, 0.15) is 59.5 Å². The van der Waals surface area contributed by atoms with Gasteiger partial charge in [0.15, 0.2) is 0 Å². The molecule has 1 aromatic heterocycles. The number of ether oxygens (including phenoxy) is 1. The summed E-state index contributed by atoms with van der Waals surface area (Å²) in [5.41, 5.74) is 0.0181. The third kappa shape index (κ3) is 5.69. The van der Waals surface area contributed by atoms with Crippen LogP contribution in [-0.2, 0) is 17.9 Å². The Morgan fingerprint density at radius 3 is 2.28 bits per heavy atom. The highest BCUT2D eigenvalue weighted by atomic mass is 16.5. The number of furan rings is 1. The van der Waals surface area contributed by atoms with Crippen LogP contribution in [0.3, 0.4) is 0 Å². The molecule has 1 N–H and O–H groups in total. The molecule has 0 atom stereocenters. The molecule has 0 saturated carbocycles. The molecule has 3 heteroatoms. The molecule has 0 bridgehead atoms. The molecular formula is C15H27NO2. The van der Waals surface area contributed by atoms with E-state index in [0.29, 0.717) is 6.61 Å². The van der Waals surface area contributed by atoms with Gasteiger partial charge in [-0.25, -0.2) is 0 Å². The first kappa shape index (κ1) is 15.3. The molecule has 0 unspecified atom stereocenters. The fourth-order valence-corrected chi connectivity index (χ4v) is 1.32. The van der Waals surface area contributed by atoms with Crippen LogP contribution < -0.4 is 5.32 Å². The molecule has 18 heavy (non-hydrogen) atoms. The number of hydrogen-bond acceptors (Lipinski definition) is 3. The van der Waals surface area contributed by atoms with E-state index in [2.05, 4.69) is 46.9 Å². The maximum atomic E-state index is 5.81. The molecule has 0 saturated heterocycles. The molecule has 0 spiro atoms. The van der Waals surface area contributed by atoms with Crippen molar-refractivity contribution in [3.05, 3.63) is 23.7 Å². The van der Waals surface area contributed by atoms with Crippen molar-refractivity contribution in [2.24, 2.45) is 0 Å². The van der Waals surface area contributed by atoms with Crippen molar-refractivity contribution in [1.82, 2.24) is 5.32 Å². The van der Waals surface area contributed by atoms with E-state index in [4.69, 9.17) is 9.15 Å². The monoisotopic (exact) mass is 253 g/mol. The van der Waals surface area contributed by atoms with Crippen LogP contribution in [0.5, 0.6) is 0 Å². The van der Waals surface area contributed by atoms with Crippen molar-refractivity contribution in [3.63, 3.8) is 0 Å². The SMILES string of the molecule is CCC(C)(C)OCc1ccc(CNC(C)(C)C)o1. The van der Waals surface area contributed by atoms with Gasteiger partial charge in [-0.2, -0.15) is 0 Å². The topological polar surface area (TPSA) is 34.4 Å². The Kier molecular flexibility index (Phi) is 5.00. The smallest absolute Gasteiger partial charge is 0.129 e. The maximum absolute atomic E-state index is 5.81. The van der Waals surface area contributed by atoms with Gasteiger partial charge < -0.3 is 14.5 Å². The normalized spacial score (nSPS) is 13.0. The summed E-state index contributed by atoms with van der Waals surface area (Å²) < 4.78 is 11.5. The fourth-order valence-electron chi connectivity index (χ4n) is 1.32. The van der Waals surface area contributed by atoms with Crippen molar-refractivity contribution in [1.29, 1.82) is 0 Å². The molecule has 1 aromatic rings. The van der Waals surface area contributed by atoms with E-state index >= 15 is 0 Å². The largest absolute Gasteiger partial charge is 0.462 e. The third-order valence-electron chi connectivity index (χ3n) is 2.97. The average Bonchev–Trinajstić information content (AvgIpc) is 2.71. The van der Waals surface area contributed by atoms with E-state index in [1.54, 1.807) is 0 Å². The summed E-state index contributed by atoms with van der Waals surface area (Å²) in [5, 5.41) is 3.40. The minimum absolute atomic E-state index is 0.0867. The summed E-state index contributed by atoms with van der Waals surface area (Å²) >= 11 is 0. The van der Waals surface area contributed by atoms with Crippen molar-refractivity contribution >= 4 is 0 Å². The number of hydrogen-bond donors (Lipinski definition) is 1. The van der Waals surface area contributed by atoms with Crippen LogP contribution >= 0.6 is 0 Å². The Morgan fingerprint density at radius 1 is 1.11 bits per heavy atom. The summed E-state index contributed by atoms with van der Waals surface area (Å²) in [4.78, 5) is 0.